The molecule has 150 valence electrons. The van der Waals surface area contributed by atoms with Crippen molar-refractivity contribution >= 4 is 40.9 Å². The van der Waals surface area contributed by atoms with Crippen LogP contribution >= 0.6 is 24.2 Å². The lowest BCUT2D eigenvalue weighted by Gasteiger charge is -2.33. The SMILES string of the molecule is CC(=O)N(c1ccc(C)cc1F)C1CSC(=NC2CCCCCC2)N1C.Cl. The van der Waals surface area contributed by atoms with Crippen LogP contribution in [0.2, 0.25) is 0 Å². The van der Waals surface area contributed by atoms with Crippen molar-refractivity contribution < 1.29 is 9.18 Å². The largest absolute Gasteiger partial charge is 0.333 e. The van der Waals surface area contributed by atoms with Gasteiger partial charge in [0, 0.05) is 19.7 Å². The fourth-order valence-electron chi connectivity index (χ4n) is 3.76. The van der Waals surface area contributed by atoms with Crippen LogP contribution in [-0.4, -0.2) is 41.0 Å². The van der Waals surface area contributed by atoms with Gasteiger partial charge in [-0.1, -0.05) is 43.5 Å². The molecule has 1 aliphatic carbocycles. The summed E-state index contributed by atoms with van der Waals surface area (Å²) in [6, 6.07) is 5.40. The van der Waals surface area contributed by atoms with Crippen molar-refractivity contribution in [3.63, 3.8) is 0 Å². The number of benzene rings is 1. The summed E-state index contributed by atoms with van der Waals surface area (Å²) in [7, 11) is 1.96. The molecule has 1 unspecified atom stereocenters. The molecule has 1 saturated carbocycles. The van der Waals surface area contributed by atoms with Gasteiger partial charge in [0.15, 0.2) is 5.17 Å². The van der Waals surface area contributed by atoms with Gasteiger partial charge in [-0.25, -0.2) is 4.39 Å². The minimum Gasteiger partial charge on any atom is -0.333 e. The van der Waals surface area contributed by atoms with Crippen molar-refractivity contribution in [2.24, 2.45) is 4.99 Å². The van der Waals surface area contributed by atoms with Crippen molar-refractivity contribution in [1.29, 1.82) is 0 Å². The van der Waals surface area contributed by atoms with Crippen LogP contribution in [0.15, 0.2) is 23.2 Å². The van der Waals surface area contributed by atoms with Gasteiger partial charge in [0.05, 0.1) is 11.7 Å². The van der Waals surface area contributed by atoms with Crippen molar-refractivity contribution in [3.8, 4) is 0 Å². The first-order valence-electron chi connectivity index (χ1n) is 9.46. The van der Waals surface area contributed by atoms with Gasteiger partial charge >= 0.3 is 0 Å². The van der Waals surface area contributed by atoms with Gasteiger partial charge in [0.2, 0.25) is 5.91 Å². The Labute approximate surface area is 172 Å². The maximum atomic E-state index is 14.5. The third-order valence-corrected chi connectivity index (χ3v) is 6.34. The lowest BCUT2D eigenvalue weighted by Crippen LogP contribution is -2.48. The average molecular weight is 414 g/mol. The van der Waals surface area contributed by atoms with Crippen molar-refractivity contribution in [2.75, 3.05) is 17.7 Å². The predicted molar refractivity (Wildman–Crippen MR) is 114 cm³/mol. The molecule has 1 aromatic carbocycles. The zero-order valence-electron chi connectivity index (χ0n) is 16.3. The lowest BCUT2D eigenvalue weighted by molar-refractivity contribution is -0.117. The van der Waals surface area contributed by atoms with E-state index in [2.05, 4.69) is 0 Å². The number of thioether (sulfide) groups is 1. The van der Waals surface area contributed by atoms with E-state index in [1.165, 1.54) is 38.7 Å². The molecule has 1 heterocycles. The number of carbonyl (C=O) groups is 1. The van der Waals surface area contributed by atoms with Crippen LogP contribution in [0.5, 0.6) is 0 Å². The monoisotopic (exact) mass is 413 g/mol. The quantitative estimate of drug-likeness (QED) is 0.654. The Balaban J connectivity index is 0.00000261. The molecule has 1 atom stereocenters. The first kappa shape index (κ1) is 22.0. The Morgan fingerprint density at radius 1 is 1.26 bits per heavy atom. The Morgan fingerprint density at radius 2 is 1.93 bits per heavy atom. The van der Waals surface area contributed by atoms with Gasteiger partial charge in [-0.3, -0.25) is 14.7 Å². The number of hydrogen-bond donors (Lipinski definition) is 0. The standard InChI is InChI=1S/C20H28FN3OS.ClH/c1-14-10-11-18(17(21)12-14)24(15(2)25)19-13-26-20(23(19)3)22-16-8-6-4-5-7-9-16;/h10-12,16,19H,4-9,13H2,1-3H3;1H. The molecule has 1 saturated heterocycles. The minimum atomic E-state index is -0.354. The Kier molecular flexibility index (Phi) is 7.98. The third-order valence-electron chi connectivity index (χ3n) is 5.23. The second kappa shape index (κ2) is 9.78. The molecule has 0 aromatic heterocycles. The van der Waals surface area contributed by atoms with E-state index in [-0.39, 0.29) is 30.3 Å². The number of amides is 1. The Hall–Kier alpha value is -1.27. The van der Waals surface area contributed by atoms with Crippen LogP contribution in [0.4, 0.5) is 10.1 Å². The summed E-state index contributed by atoms with van der Waals surface area (Å²) < 4.78 is 14.5. The molecule has 0 N–H and O–H groups in total. The van der Waals surface area contributed by atoms with Crippen LogP contribution in [0.1, 0.15) is 51.0 Å². The summed E-state index contributed by atoms with van der Waals surface area (Å²) >= 11 is 1.67. The van der Waals surface area contributed by atoms with Gasteiger partial charge in [0.1, 0.15) is 12.0 Å². The number of carbonyl (C=O) groups excluding carboxylic acids is 1. The highest BCUT2D eigenvalue weighted by molar-refractivity contribution is 8.14. The molecule has 2 aliphatic rings. The van der Waals surface area contributed by atoms with Crippen LogP contribution in [0, 0.1) is 12.7 Å². The summed E-state index contributed by atoms with van der Waals surface area (Å²) in [6.07, 6.45) is 7.17. The average Bonchev–Trinajstić information content (AvgIpc) is 2.79. The zero-order chi connectivity index (χ0) is 18.7. The highest BCUT2D eigenvalue weighted by Crippen LogP contribution is 2.32. The van der Waals surface area contributed by atoms with E-state index in [1.807, 2.05) is 24.9 Å². The van der Waals surface area contributed by atoms with E-state index >= 15 is 0 Å². The molecule has 4 nitrogen and oxygen atoms in total. The minimum absolute atomic E-state index is 0. The number of halogens is 2. The van der Waals surface area contributed by atoms with Crippen LogP contribution < -0.4 is 4.90 Å². The number of amidine groups is 1. The van der Waals surface area contributed by atoms with E-state index in [4.69, 9.17) is 4.99 Å². The molecule has 7 heteroatoms. The second-order valence-corrected chi connectivity index (χ2v) is 8.29. The summed E-state index contributed by atoms with van der Waals surface area (Å²) in [5.41, 5.74) is 1.19. The number of aliphatic imine (C=N–C) groups is 1. The maximum absolute atomic E-state index is 14.5. The fraction of sp³-hybridized carbons (Fsp3) is 0.600. The molecular formula is C20H29ClFN3OS. The zero-order valence-corrected chi connectivity index (χ0v) is 17.9. The Bertz CT molecular complexity index is 692. The van der Waals surface area contributed by atoms with Crippen LogP contribution in [0.25, 0.3) is 0 Å². The molecule has 0 radical (unpaired) electrons. The van der Waals surface area contributed by atoms with Crippen LogP contribution in [0.3, 0.4) is 0 Å². The first-order valence-corrected chi connectivity index (χ1v) is 10.5. The normalized spacial score (nSPS) is 22.4. The van der Waals surface area contributed by atoms with Gasteiger partial charge in [-0.2, -0.15) is 0 Å². The number of anilines is 1. The molecule has 0 bridgehead atoms. The molecule has 0 spiro atoms. The maximum Gasteiger partial charge on any atom is 0.225 e. The van der Waals surface area contributed by atoms with Crippen molar-refractivity contribution in [2.45, 2.75) is 64.6 Å². The smallest absolute Gasteiger partial charge is 0.225 e. The van der Waals surface area contributed by atoms with Gasteiger partial charge < -0.3 is 4.90 Å². The summed E-state index contributed by atoms with van der Waals surface area (Å²) in [4.78, 5) is 20.9. The molecule has 27 heavy (non-hydrogen) atoms. The topological polar surface area (TPSA) is 35.9 Å². The number of rotatable bonds is 3. The number of hydrogen-bond acceptors (Lipinski definition) is 3. The summed E-state index contributed by atoms with van der Waals surface area (Å²) in [6.45, 7) is 3.35. The molecular weight excluding hydrogens is 385 g/mol. The van der Waals surface area contributed by atoms with Crippen molar-refractivity contribution in [3.05, 3.63) is 29.6 Å². The highest BCUT2D eigenvalue weighted by atomic mass is 35.5. The number of aryl methyl sites for hydroxylation is 1. The van der Waals surface area contributed by atoms with Gasteiger partial charge in [-0.15, -0.1) is 12.4 Å². The van der Waals surface area contributed by atoms with E-state index in [0.29, 0.717) is 17.5 Å². The highest BCUT2D eigenvalue weighted by Gasteiger charge is 2.35. The molecule has 1 aromatic rings. The van der Waals surface area contributed by atoms with Crippen molar-refractivity contribution in [1.82, 2.24) is 4.90 Å². The Morgan fingerprint density at radius 3 is 2.52 bits per heavy atom. The first-order chi connectivity index (χ1) is 12.5. The second-order valence-electron chi connectivity index (χ2n) is 7.30. The lowest BCUT2D eigenvalue weighted by atomic mass is 10.1. The molecule has 1 amide bonds. The fourth-order valence-corrected chi connectivity index (χ4v) is 4.98. The van der Waals surface area contributed by atoms with E-state index in [1.54, 1.807) is 22.7 Å². The summed E-state index contributed by atoms with van der Waals surface area (Å²) in [5, 5.41) is 0.973. The third kappa shape index (κ3) is 5.17. The number of nitrogens with zero attached hydrogens (tertiary/aromatic N) is 3. The predicted octanol–water partition coefficient (Wildman–Crippen LogP) is 4.99. The van der Waals surface area contributed by atoms with E-state index < -0.39 is 0 Å². The van der Waals surface area contributed by atoms with E-state index in [9.17, 15) is 9.18 Å². The summed E-state index contributed by atoms with van der Waals surface area (Å²) in [5.74, 6) is 0.197. The van der Waals surface area contributed by atoms with Gasteiger partial charge in [0.25, 0.3) is 0 Å². The molecule has 2 fully saturated rings. The van der Waals surface area contributed by atoms with E-state index in [0.717, 1.165) is 23.6 Å². The van der Waals surface area contributed by atoms with Crippen LogP contribution in [-0.2, 0) is 4.79 Å². The molecule has 3 rings (SSSR count). The van der Waals surface area contributed by atoms with Gasteiger partial charge in [-0.05, 0) is 37.5 Å². The molecule has 1 aliphatic heterocycles.